The van der Waals surface area contributed by atoms with Gasteiger partial charge < -0.3 is 5.32 Å². The molecule has 2 bridgehead atoms. The van der Waals surface area contributed by atoms with Gasteiger partial charge in [0.05, 0.1) is 5.84 Å². The first-order chi connectivity index (χ1) is 8.33. The maximum Gasteiger partial charge on any atom is 0.0965 e. The van der Waals surface area contributed by atoms with Gasteiger partial charge in [0.2, 0.25) is 0 Å². The molecule has 1 N–H and O–H groups in total. The summed E-state index contributed by atoms with van der Waals surface area (Å²) in [5, 5.41) is 3.74. The summed E-state index contributed by atoms with van der Waals surface area (Å²) in [6.45, 7) is 3.44. The predicted molar refractivity (Wildman–Crippen MR) is 72.3 cm³/mol. The molecule has 0 amide bonds. The molecule has 4 atom stereocenters. The van der Waals surface area contributed by atoms with Crippen molar-refractivity contribution in [3.8, 4) is 0 Å². The molecule has 1 aliphatic heterocycles. The highest BCUT2D eigenvalue weighted by Gasteiger charge is 2.41. The Morgan fingerprint density at radius 2 is 2.12 bits per heavy atom. The Morgan fingerprint density at radius 1 is 1.18 bits per heavy atom. The Balaban J connectivity index is 1.55. The number of hydrogen-bond acceptors (Lipinski definition) is 2. The summed E-state index contributed by atoms with van der Waals surface area (Å²) >= 11 is 0. The molecule has 0 aromatic carbocycles. The number of rotatable bonds is 2. The van der Waals surface area contributed by atoms with E-state index in [-0.39, 0.29) is 0 Å². The molecule has 2 heteroatoms. The van der Waals surface area contributed by atoms with Crippen LogP contribution in [0.2, 0.25) is 0 Å². The van der Waals surface area contributed by atoms with Crippen molar-refractivity contribution in [3.63, 3.8) is 0 Å². The fraction of sp³-hybridized carbons (Fsp3) is 0.933. The monoisotopic (exact) mass is 234 g/mol. The Hall–Kier alpha value is -0.530. The van der Waals surface area contributed by atoms with Gasteiger partial charge in [-0.2, -0.15) is 0 Å². The van der Waals surface area contributed by atoms with E-state index < -0.39 is 0 Å². The predicted octanol–water partition coefficient (Wildman–Crippen LogP) is 3.37. The highest BCUT2D eigenvalue weighted by molar-refractivity contribution is 5.82. The summed E-state index contributed by atoms with van der Waals surface area (Å²) < 4.78 is 0. The lowest BCUT2D eigenvalue weighted by atomic mass is 9.84. The first-order valence-corrected chi connectivity index (χ1v) is 7.63. The van der Waals surface area contributed by atoms with Crippen molar-refractivity contribution in [1.82, 2.24) is 5.32 Å². The number of hydrogen-bond donors (Lipinski definition) is 1. The molecule has 2 aliphatic carbocycles. The second kappa shape index (κ2) is 4.99. The zero-order valence-corrected chi connectivity index (χ0v) is 11.1. The van der Waals surface area contributed by atoms with Crippen LogP contribution in [0, 0.1) is 17.8 Å². The standard InChI is InChI=1S/C15H26N2/c1-11(14-10-12-6-7-13(14)9-12)17-15-5-3-2-4-8-16-15/h11-14H,2-10H2,1H3,(H,16,17)/t11-,12+,13+,14+/m0/s1. The first kappa shape index (κ1) is 11.6. The van der Waals surface area contributed by atoms with E-state index in [9.17, 15) is 0 Å². The Labute approximate surface area is 105 Å². The summed E-state index contributed by atoms with van der Waals surface area (Å²) in [7, 11) is 0. The van der Waals surface area contributed by atoms with Crippen molar-refractivity contribution in [1.29, 1.82) is 0 Å². The van der Waals surface area contributed by atoms with Crippen LogP contribution in [0.3, 0.4) is 0 Å². The molecule has 1 heterocycles. The normalized spacial score (nSPS) is 38.6. The minimum Gasteiger partial charge on any atom is -0.371 e. The van der Waals surface area contributed by atoms with Crippen molar-refractivity contribution in [2.24, 2.45) is 22.7 Å². The maximum atomic E-state index is 4.70. The quantitative estimate of drug-likeness (QED) is 0.778. The number of nitrogens with zero attached hydrogens (tertiary/aromatic N) is 1. The van der Waals surface area contributed by atoms with E-state index in [1.165, 1.54) is 57.2 Å². The molecule has 2 fully saturated rings. The van der Waals surface area contributed by atoms with Gasteiger partial charge in [0.25, 0.3) is 0 Å². The molecule has 17 heavy (non-hydrogen) atoms. The van der Waals surface area contributed by atoms with Crippen LogP contribution in [0.4, 0.5) is 0 Å². The topological polar surface area (TPSA) is 24.4 Å². The molecule has 2 nitrogen and oxygen atoms in total. The molecule has 0 unspecified atom stereocenters. The number of fused-ring (bicyclic) bond motifs is 2. The van der Waals surface area contributed by atoms with Gasteiger partial charge in [0, 0.05) is 19.0 Å². The van der Waals surface area contributed by atoms with Crippen LogP contribution >= 0.6 is 0 Å². The molecule has 0 saturated heterocycles. The van der Waals surface area contributed by atoms with Gasteiger partial charge in [-0.15, -0.1) is 0 Å². The second-order valence-corrected chi connectivity index (χ2v) is 6.41. The molecule has 0 aromatic rings. The van der Waals surface area contributed by atoms with E-state index >= 15 is 0 Å². The highest BCUT2D eigenvalue weighted by Crippen LogP contribution is 2.49. The van der Waals surface area contributed by atoms with Gasteiger partial charge >= 0.3 is 0 Å². The van der Waals surface area contributed by atoms with E-state index in [2.05, 4.69) is 12.2 Å². The third-order valence-electron chi connectivity index (χ3n) is 5.20. The molecule has 0 radical (unpaired) electrons. The van der Waals surface area contributed by atoms with Crippen LogP contribution in [0.25, 0.3) is 0 Å². The van der Waals surface area contributed by atoms with Gasteiger partial charge in [0.15, 0.2) is 0 Å². The highest BCUT2D eigenvalue weighted by atomic mass is 15.0. The Bertz CT molecular complexity index is 297. The minimum absolute atomic E-state index is 0.655. The lowest BCUT2D eigenvalue weighted by Gasteiger charge is -2.29. The van der Waals surface area contributed by atoms with Gasteiger partial charge in [-0.25, -0.2) is 0 Å². The molecule has 3 aliphatic rings. The van der Waals surface area contributed by atoms with E-state index in [1.807, 2.05) is 0 Å². The molecule has 2 saturated carbocycles. The first-order valence-electron chi connectivity index (χ1n) is 7.63. The summed E-state index contributed by atoms with van der Waals surface area (Å²) in [6.07, 6.45) is 11.2. The molecule has 0 spiro atoms. The number of aliphatic imine (C=N–C) groups is 1. The molecular formula is C15H26N2. The van der Waals surface area contributed by atoms with E-state index in [0.717, 1.165) is 24.3 Å². The zero-order valence-electron chi connectivity index (χ0n) is 11.1. The third-order valence-corrected chi connectivity index (χ3v) is 5.20. The molecule has 3 rings (SSSR count). The van der Waals surface area contributed by atoms with Gasteiger partial charge in [-0.3, -0.25) is 4.99 Å². The van der Waals surface area contributed by atoms with Crippen molar-refractivity contribution < 1.29 is 0 Å². The van der Waals surface area contributed by atoms with Crippen LogP contribution in [0.5, 0.6) is 0 Å². The molecule has 0 aromatic heterocycles. The fourth-order valence-corrected chi connectivity index (χ4v) is 4.27. The average molecular weight is 234 g/mol. The van der Waals surface area contributed by atoms with Crippen molar-refractivity contribution >= 4 is 5.84 Å². The van der Waals surface area contributed by atoms with Crippen LogP contribution < -0.4 is 5.32 Å². The lowest BCUT2D eigenvalue weighted by molar-refractivity contribution is 0.278. The Morgan fingerprint density at radius 3 is 2.88 bits per heavy atom. The van der Waals surface area contributed by atoms with E-state index in [1.54, 1.807) is 0 Å². The van der Waals surface area contributed by atoms with Crippen LogP contribution in [0.15, 0.2) is 4.99 Å². The summed E-state index contributed by atoms with van der Waals surface area (Å²) in [4.78, 5) is 4.70. The van der Waals surface area contributed by atoms with Crippen molar-refractivity contribution in [2.75, 3.05) is 6.54 Å². The minimum atomic E-state index is 0.655. The van der Waals surface area contributed by atoms with Crippen LogP contribution in [0.1, 0.15) is 58.3 Å². The van der Waals surface area contributed by atoms with E-state index in [0.29, 0.717) is 6.04 Å². The molecular weight excluding hydrogens is 208 g/mol. The summed E-state index contributed by atoms with van der Waals surface area (Å²) in [5.41, 5.74) is 0. The number of nitrogens with one attached hydrogen (secondary N) is 1. The average Bonchev–Trinajstić information content (AvgIpc) is 2.87. The Kier molecular flexibility index (Phi) is 3.39. The SMILES string of the molecule is C[C@H](NC1=NCCCCC1)[C@H]1C[C@@H]2CC[C@@H]1C2. The van der Waals surface area contributed by atoms with Crippen LogP contribution in [-0.2, 0) is 0 Å². The third kappa shape index (κ3) is 2.51. The summed E-state index contributed by atoms with van der Waals surface area (Å²) in [5.74, 6) is 4.32. The number of amidine groups is 1. The maximum absolute atomic E-state index is 4.70. The van der Waals surface area contributed by atoms with Gasteiger partial charge in [0.1, 0.15) is 0 Å². The fourth-order valence-electron chi connectivity index (χ4n) is 4.27. The second-order valence-electron chi connectivity index (χ2n) is 6.41. The largest absolute Gasteiger partial charge is 0.371 e. The van der Waals surface area contributed by atoms with Crippen LogP contribution in [-0.4, -0.2) is 18.4 Å². The summed E-state index contributed by atoms with van der Waals surface area (Å²) in [6, 6.07) is 0.655. The van der Waals surface area contributed by atoms with E-state index in [4.69, 9.17) is 4.99 Å². The van der Waals surface area contributed by atoms with Gasteiger partial charge in [-0.1, -0.05) is 12.8 Å². The smallest absolute Gasteiger partial charge is 0.0965 e. The van der Waals surface area contributed by atoms with Crippen molar-refractivity contribution in [2.45, 2.75) is 64.3 Å². The lowest BCUT2D eigenvalue weighted by Crippen LogP contribution is -2.40. The molecule has 96 valence electrons. The zero-order chi connectivity index (χ0) is 11.7. The van der Waals surface area contributed by atoms with Crippen molar-refractivity contribution in [3.05, 3.63) is 0 Å². The van der Waals surface area contributed by atoms with Gasteiger partial charge in [-0.05, 0) is 56.8 Å².